The lowest BCUT2D eigenvalue weighted by Crippen LogP contribution is -2.17. The summed E-state index contributed by atoms with van der Waals surface area (Å²) in [5, 5.41) is 3.56. The van der Waals surface area contributed by atoms with Crippen molar-refractivity contribution in [1.29, 1.82) is 0 Å². The Balaban J connectivity index is 2.70. The quantitative estimate of drug-likeness (QED) is 0.733. The van der Waals surface area contributed by atoms with Crippen LogP contribution in [0.15, 0.2) is 17.8 Å². The molecule has 1 aromatic carbocycles. The van der Waals surface area contributed by atoms with E-state index in [4.69, 9.17) is 5.73 Å². The van der Waals surface area contributed by atoms with E-state index in [1.165, 1.54) is 35.1 Å². The van der Waals surface area contributed by atoms with Gasteiger partial charge in [-0.25, -0.2) is 0 Å². The van der Waals surface area contributed by atoms with E-state index in [-0.39, 0.29) is 0 Å². The third-order valence-electron chi connectivity index (χ3n) is 4.04. The molecule has 3 N–H and O–H groups in total. The molecule has 0 aliphatic rings. The Morgan fingerprint density at radius 2 is 2.05 bits per heavy atom. The summed E-state index contributed by atoms with van der Waals surface area (Å²) in [7, 11) is 0. The molecule has 1 rings (SSSR count). The smallest absolute Gasteiger partial charge is 0.0208 e. The Kier molecular flexibility index (Phi) is 6.80. The number of nitrogens with one attached hydrogen (secondary N) is 1. The molecule has 0 spiro atoms. The second kappa shape index (κ2) is 8.11. The first-order valence-corrected chi connectivity index (χ1v) is 7.69. The molecule has 0 fully saturated rings. The van der Waals surface area contributed by atoms with Crippen LogP contribution < -0.4 is 11.1 Å². The van der Waals surface area contributed by atoms with Gasteiger partial charge in [0.1, 0.15) is 0 Å². The third kappa shape index (κ3) is 5.01. The van der Waals surface area contributed by atoms with Gasteiger partial charge in [0.25, 0.3) is 0 Å². The van der Waals surface area contributed by atoms with E-state index < -0.39 is 0 Å². The van der Waals surface area contributed by atoms with Gasteiger partial charge < -0.3 is 11.1 Å². The molecule has 2 nitrogen and oxygen atoms in total. The van der Waals surface area contributed by atoms with Crippen LogP contribution in [0.4, 0.5) is 0 Å². The number of aryl methyl sites for hydroxylation is 1. The summed E-state index contributed by atoms with van der Waals surface area (Å²) in [6, 6.07) is 4.41. The van der Waals surface area contributed by atoms with Crippen LogP contribution in [-0.2, 0) is 6.54 Å². The van der Waals surface area contributed by atoms with E-state index in [9.17, 15) is 0 Å². The monoisotopic (exact) mass is 274 g/mol. The molecule has 0 saturated heterocycles. The summed E-state index contributed by atoms with van der Waals surface area (Å²) < 4.78 is 0. The highest BCUT2D eigenvalue weighted by atomic mass is 14.8. The normalized spacial score (nSPS) is 13.6. The van der Waals surface area contributed by atoms with E-state index in [1.54, 1.807) is 0 Å². The second-order valence-electron chi connectivity index (χ2n) is 5.95. The van der Waals surface area contributed by atoms with Crippen molar-refractivity contribution in [1.82, 2.24) is 5.32 Å². The first kappa shape index (κ1) is 16.8. The summed E-state index contributed by atoms with van der Waals surface area (Å²) in [5.41, 5.74) is 12.0. The highest BCUT2D eigenvalue weighted by Crippen LogP contribution is 2.20. The molecule has 0 saturated carbocycles. The number of hydrogen-bond donors (Lipinski definition) is 2. The molecule has 0 bridgehead atoms. The van der Waals surface area contributed by atoms with Crippen molar-refractivity contribution in [3.05, 3.63) is 40.1 Å². The van der Waals surface area contributed by atoms with Crippen LogP contribution in [0.25, 0.3) is 6.08 Å². The first-order chi connectivity index (χ1) is 9.45. The number of hydrogen-bond acceptors (Lipinski definition) is 2. The molecule has 0 aliphatic carbocycles. The van der Waals surface area contributed by atoms with Gasteiger partial charge in [-0.15, -0.1) is 0 Å². The zero-order chi connectivity index (χ0) is 15.1. The predicted molar refractivity (Wildman–Crippen MR) is 89.5 cm³/mol. The lowest BCUT2D eigenvalue weighted by Gasteiger charge is -2.14. The highest BCUT2D eigenvalue weighted by molar-refractivity contribution is 5.61. The molecule has 0 aliphatic heterocycles. The van der Waals surface area contributed by atoms with Gasteiger partial charge in [-0.3, -0.25) is 0 Å². The van der Waals surface area contributed by atoms with Gasteiger partial charge in [0.05, 0.1) is 0 Å². The molecule has 112 valence electrons. The fourth-order valence-electron chi connectivity index (χ4n) is 2.33. The lowest BCUT2D eigenvalue weighted by atomic mass is 9.96. The van der Waals surface area contributed by atoms with Gasteiger partial charge >= 0.3 is 0 Å². The van der Waals surface area contributed by atoms with Crippen LogP contribution in [0.2, 0.25) is 0 Å². The van der Waals surface area contributed by atoms with Crippen molar-refractivity contribution in [3.63, 3.8) is 0 Å². The average molecular weight is 274 g/mol. The van der Waals surface area contributed by atoms with Crippen molar-refractivity contribution >= 4 is 6.08 Å². The Morgan fingerprint density at radius 1 is 1.35 bits per heavy atom. The standard InChI is InChI=1S/C18H30N2/c1-6-13(2)9-10-20-12-17-8-7-14(3)18(16(17)5)11-15(4)19/h7-8,11,13,20H,6,9-10,12,19H2,1-5H3/b15-11+. The molecule has 0 radical (unpaired) electrons. The molecule has 1 atom stereocenters. The minimum atomic E-state index is 0.806. The minimum absolute atomic E-state index is 0.806. The molecule has 20 heavy (non-hydrogen) atoms. The first-order valence-electron chi connectivity index (χ1n) is 7.69. The van der Waals surface area contributed by atoms with Crippen LogP contribution in [-0.4, -0.2) is 6.54 Å². The van der Waals surface area contributed by atoms with Crippen LogP contribution in [0.5, 0.6) is 0 Å². The lowest BCUT2D eigenvalue weighted by molar-refractivity contribution is 0.487. The average Bonchev–Trinajstić information content (AvgIpc) is 2.41. The number of allylic oxidation sites excluding steroid dienone is 1. The summed E-state index contributed by atoms with van der Waals surface area (Å²) in [6.45, 7) is 12.9. The zero-order valence-corrected chi connectivity index (χ0v) is 13.7. The Hall–Kier alpha value is -1.28. The Labute approximate surface area is 124 Å². The molecule has 1 aromatic rings. The van der Waals surface area contributed by atoms with Gasteiger partial charge in [-0.2, -0.15) is 0 Å². The van der Waals surface area contributed by atoms with Gasteiger partial charge in [-0.1, -0.05) is 32.4 Å². The third-order valence-corrected chi connectivity index (χ3v) is 4.04. The molecule has 0 amide bonds. The van der Waals surface area contributed by atoms with Gasteiger partial charge in [-0.05, 0) is 68.0 Å². The molecule has 0 aromatic heterocycles. The number of rotatable bonds is 7. The van der Waals surface area contributed by atoms with Crippen LogP contribution >= 0.6 is 0 Å². The maximum Gasteiger partial charge on any atom is 0.0208 e. The van der Waals surface area contributed by atoms with Gasteiger partial charge in [0.15, 0.2) is 0 Å². The second-order valence-corrected chi connectivity index (χ2v) is 5.95. The zero-order valence-electron chi connectivity index (χ0n) is 13.7. The van der Waals surface area contributed by atoms with Crippen LogP contribution in [0.1, 0.15) is 55.9 Å². The SMILES string of the molecule is CCC(C)CCNCc1ccc(C)c(/C=C(\C)N)c1C. The van der Waals surface area contributed by atoms with Gasteiger partial charge in [0.2, 0.25) is 0 Å². The molecule has 1 unspecified atom stereocenters. The van der Waals surface area contributed by atoms with Crippen molar-refractivity contribution < 1.29 is 0 Å². The van der Waals surface area contributed by atoms with E-state index in [2.05, 4.69) is 51.2 Å². The largest absolute Gasteiger partial charge is 0.402 e. The van der Waals surface area contributed by atoms with Gasteiger partial charge in [0, 0.05) is 12.2 Å². The Bertz CT molecular complexity index is 457. The van der Waals surface area contributed by atoms with Crippen molar-refractivity contribution in [2.45, 2.75) is 54.0 Å². The molecule has 0 heterocycles. The highest BCUT2D eigenvalue weighted by Gasteiger charge is 2.06. The minimum Gasteiger partial charge on any atom is -0.402 e. The van der Waals surface area contributed by atoms with E-state index in [0.29, 0.717) is 0 Å². The maximum atomic E-state index is 5.83. The van der Waals surface area contributed by atoms with Crippen molar-refractivity contribution in [2.75, 3.05) is 6.54 Å². The predicted octanol–water partition coefficient (Wildman–Crippen LogP) is 4.15. The summed E-state index contributed by atoms with van der Waals surface area (Å²) in [4.78, 5) is 0. The van der Waals surface area contributed by atoms with Crippen molar-refractivity contribution in [2.24, 2.45) is 11.7 Å². The number of benzene rings is 1. The number of nitrogens with two attached hydrogens (primary N) is 1. The summed E-state index contributed by atoms with van der Waals surface area (Å²) >= 11 is 0. The molecular formula is C18H30N2. The fraction of sp³-hybridized carbons (Fsp3) is 0.556. The van der Waals surface area contributed by atoms with E-state index >= 15 is 0 Å². The van der Waals surface area contributed by atoms with Crippen LogP contribution in [0.3, 0.4) is 0 Å². The van der Waals surface area contributed by atoms with Crippen LogP contribution in [0, 0.1) is 19.8 Å². The summed E-state index contributed by atoms with van der Waals surface area (Å²) in [6.07, 6.45) is 4.58. The van der Waals surface area contributed by atoms with E-state index in [0.717, 1.165) is 24.7 Å². The maximum absolute atomic E-state index is 5.83. The topological polar surface area (TPSA) is 38.0 Å². The fourth-order valence-corrected chi connectivity index (χ4v) is 2.33. The van der Waals surface area contributed by atoms with Crippen molar-refractivity contribution in [3.8, 4) is 0 Å². The summed E-state index contributed by atoms with van der Waals surface area (Å²) in [5.74, 6) is 0.806. The van der Waals surface area contributed by atoms with E-state index in [1.807, 2.05) is 6.92 Å². The molecule has 2 heteroatoms. The molecular weight excluding hydrogens is 244 g/mol. The Morgan fingerprint density at radius 3 is 2.65 bits per heavy atom.